The largest absolute Gasteiger partial charge is 0.398 e. The number of nitro groups is 1. The molecule has 0 amide bonds. The Bertz CT molecular complexity index is 413. The first-order valence-electron chi connectivity index (χ1n) is 4.56. The monoisotopic (exact) mass is 207 g/mol. The maximum atomic E-state index is 10.6. The second-order valence-corrected chi connectivity index (χ2v) is 3.60. The van der Waals surface area contributed by atoms with Crippen LogP contribution in [0.15, 0.2) is 18.2 Å². The Morgan fingerprint density at radius 2 is 2.13 bits per heavy atom. The predicted octanol–water partition coefficient (Wildman–Crippen LogP) is 2.20. The molecule has 0 aliphatic rings. The molecule has 80 valence electrons. The zero-order valence-electron chi connectivity index (χ0n) is 8.65. The molecule has 0 spiro atoms. The summed E-state index contributed by atoms with van der Waals surface area (Å²) in [7, 11) is 0. The van der Waals surface area contributed by atoms with Crippen LogP contribution in [-0.4, -0.2) is 10.6 Å². The molecule has 3 N–H and O–H groups in total. The molecule has 0 saturated carbocycles. The highest BCUT2D eigenvalue weighted by atomic mass is 16.6. The molecule has 0 bridgehead atoms. The minimum absolute atomic E-state index is 0.00527. The second kappa shape index (κ2) is 4.08. The Hall–Kier alpha value is -1.91. The Morgan fingerprint density at radius 3 is 2.60 bits per heavy atom. The average Bonchev–Trinajstić information content (AvgIpc) is 2.16. The first-order chi connectivity index (χ1) is 6.93. The van der Waals surface area contributed by atoms with Crippen LogP contribution >= 0.6 is 0 Å². The number of nitro benzene ring substituents is 1. The minimum Gasteiger partial charge on any atom is -0.398 e. The van der Waals surface area contributed by atoms with Crippen molar-refractivity contribution in [2.75, 3.05) is 5.73 Å². The molecule has 0 fully saturated rings. The number of non-ortho nitro benzene ring substituents is 1. The SMILES string of the molecule is CC(C)C(=N)c1cc([N+](=O)[O-])ccc1N. The van der Waals surface area contributed by atoms with E-state index in [9.17, 15) is 10.1 Å². The van der Waals surface area contributed by atoms with Gasteiger partial charge in [0.1, 0.15) is 0 Å². The van der Waals surface area contributed by atoms with Gasteiger partial charge in [-0.25, -0.2) is 0 Å². The molecular formula is C10H13N3O2. The molecule has 0 atom stereocenters. The molecule has 15 heavy (non-hydrogen) atoms. The van der Waals surface area contributed by atoms with E-state index in [1.807, 2.05) is 13.8 Å². The van der Waals surface area contributed by atoms with E-state index in [0.717, 1.165) is 0 Å². The van der Waals surface area contributed by atoms with Gasteiger partial charge in [0.25, 0.3) is 5.69 Å². The summed E-state index contributed by atoms with van der Waals surface area (Å²) in [4.78, 5) is 10.1. The summed E-state index contributed by atoms with van der Waals surface area (Å²) >= 11 is 0. The first kappa shape index (κ1) is 11.2. The van der Waals surface area contributed by atoms with Crippen molar-refractivity contribution in [1.82, 2.24) is 0 Å². The molecule has 0 radical (unpaired) electrons. The standard InChI is InChI=1S/C10H13N3O2/c1-6(2)10(12)8-5-7(13(14)15)3-4-9(8)11/h3-6,12H,11H2,1-2H3. The summed E-state index contributed by atoms with van der Waals surface area (Å²) in [5.74, 6) is -0.00527. The van der Waals surface area contributed by atoms with E-state index in [0.29, 0.717) is 17.0 Å². The Labute approximate surface area is 87.6 Å². The summed E-state index contributed by atoms with van der Waals surface area (Å²) in [6.45, 7) is 3.70. The fraction of sp³-hybridized carbons (Fsp3) is 0.300. The van der Waals surface area contributed by atoms with Gasteiger partial charge in [0.15, 0.2) is 0 Å². The quantitative estimate of drug-likeness (QED) is 0.344. The van der Waals surface area contributed by atoms with Crippen molar-refractivity contribution in [3.8, 4) is 0 Å². The van der Waals surface area contributed by atoms with Gasteiger partial charge in [-0.2, -0.15) is 0 Å². The van der Waals surface area contributed by atoms with Crippen molar-refractivity contribution in [1.29, 1.82) is 5.41 Å². The van der Waals surface area contributed by atoms with E-state index >= 15 is 0 Å². The van der Waals surface area contributed by atoms with Gasteiger partial charge in [-0.1, -0.05) is 13.8 Å². The Balaban J connectivity index is 3.22. The average molecular weight is 207 g/mol. The molecule has 1 aromatic rings. The Kier molecular flexibility index (Phi) is 3.04. The lowest BCUT2D eigenvalue weighted by molar-refractivity contribution is -0.384. The van der Waals surface area contributed by atoms with E-state index in [1.165, 1.54) is 18.2 Å². The predicted molar refractivity (Wildman–Crippen MR) is 59.2 cm³/mol. The lowest BCUT2D eigenvalue weighted by Gasteiger charge is -2.09. The van der Waals surface area contributed by atoms with E-state index in [-0.39, 0.29) is 11.6 Å². The molecule has 0 unspecified atom stereocenters. The van der Waals surface area contributed by atoms with Crippen LogP contribution in [0.3, 0.4) is 0 Å². The topological polar surface area (TPSA) is 93.0 Å². The summed E-state index contributed by atoms with van der Waals surface area (Å²) in [5, 5.41) is 18.3. The minimum atomic E-state index is -0.490. The number of hydrogen-bond acceptors (Lipinski definition) is 4. The van der Waals surface area contributed by atoms with Crippen molar-refractivity contribution >= 4 is 17.1 Å². The van der Waals surface area contributed by atoms with Crippen molar-refractivity contribution in [3.05, 3.63) is 33.9 Å². The second-order valence-electron chi connectivity index (χ2n) is 3.60. The van der Waals surface area contributed by atoms with Gasteiger partial charge in [0.2, 0.25) is 0 Å². The maximum Gasteiger partial charge on any atom is 0.270 e. The fourth-order valence-electron chi connectivity index (χ4n) is 1.20. The van der Waals surface area contributed by atoms with Crippen molar-refractivity contribution in [3.63, 3.8) is 0 Å². The third kappa shape index (κ3) is 2.31. The highest BCUT2D eigenvalue weighted by molar-refractivity contribution is 6.04. The molecule has 1 aromatic carbocycles. The smallest absolute Gasteiger partial charge is 0.270 e. The first-order valence-corrected chi connectivity index (χ1v) is 4.56. The van der Waals surface area contributed by atoms with Crippen molar-refractivity contribution in [2.45, 2.75) is 13.8 Å². The molecule has 0 saturated heterocycles. The number of nitrogens with zero attached hydrogens (tertiary/aromatic N) is 1. The van der Waals surface area contributed by atoms with E-state index in [1.54, 1.807) is 0 Å². The lowest BCUT2D eigenvalue weighted by Crippen LogP contribution is -2.10. The lowest BCUT2D eigenvalue weighted by atomic mass is 9.98. The number of nitrogens with two attached hydrogens (primary N) is 1. The number of benzene rings is 1. The van der Waals surface area contributed by atoms with E-state index < -0.39 is 4.92 Å². The van der Waals surface area contributed by atoms with Gasteiger partial charge in [-0.15, -0.1) is 0 Å². The molecule has 1 rings (SSSR count). The van der Waals surface area contributed by atoms with Crippen LogP contribution in [-0.2, 0) is 0 Å². The molecule has 5 heteroatoms. The normalized spacial score (nSPS) is 10.3. The van der Waals surface area contributed by atoms with Gasteiger partial charge < -0.3 is 11.1 Å². The highest BCUT2D eigenvalue weighted by Gasteiger charge is 2.14. The van der Waals surface area contributed by atoms with Gasteiger partial charge in [-0.3, -0.25) is 10.1 Å². The van der Waals surface area contributed by atoms with Crippen LogP contribution in [0.2, 0.25) is 0 Å². The van der Waals surface area contributed by atoms with Gasteiger partial charge >= 0.3 is 0 Å². The number of nitrogens with one attached hydrogen (secondary N) is 1. The molecule has 5 nitrogen and oxygen atoms in total. The summed E-state index contributed by atoms with van der Waals surface area (Å²) < 4.78 is 0. The van der Waals surface area contributed by atoms with Crippen LogP contribution in [0.25, 0.3) is 0 Å². The third-order valence-corrected chi connectivity index (χ3v) is 2.12. The summed E-state index contributed by atoms with van der Waals surface area (Å²) in [5.41, 5.74) is 6.79. The number of nitrogen functional groups attached to an aromatic ring is 1. The fourth-order valence-corrected chi connectivity index (χ4v) is 1.20. The zero-order chi connectivity index (χ0) is 11.6. The number of anilines is 1. The van der Waals surface area contributed by atoms with Crippen LogP contribution in [0.1, 0.15) is 19.4 Å². The third-order valence-electron chi connectivity index (χ3n) is 2.12. The van der Waals surface area contributed by atoms with Crippen molar-refractivity contribution < 1.29 is 4.92 Å². The van der Waals surface area contributed by atoms with Crippen LogP contribution < -0.4 is 5.73 Å². The molecule has 0 heterocycles. The molecule has 0 aromatic heterocycles. The molecule has 0 aliphatic heterocycles. The van der Waals surface area contributed by atoms with Gasteiger partial charge in [0, 0.05) is 29.1 Å². The molecular weight excluding hydrogens is 194 g/mol. The number of hydrogen-bond donors (Lipinski definition) is 2. The molecule has 0 aliphatic carbocycles. The van der Waals surface area contributed by atoms with Gasteiger partial charge in [-0.05, 0) is 12.0 Å². The van der Waals surface area contributed by atoms with Crippen LogP contribution in [0.4, 0.5) is 11.4 Å². The van der Waals surface area contributed by atoms with Crippen molar-refractivity contribution in [2.24, 2.45) is 5.92 Å². The summed E-state index contributed by atoms with van der Waals surface area (Å²) in [6, 6.07) is 4.15. The highest BCUT2D eigenvalue weighted by Crippen LogP contribution is 2.22. The van der Waals surface area contributed by atoms with E-state index in [4.69, 9.17) is 11.1 Å². The van der Waals surface area contributed by atoms with Crippen LogP contribution in [0.5, 0.6) is 0 Å². The maximum absolute atomic E-state index is 10.6. The van der Waals surface area contributed by atoms with E-state index in [2.05, 4.69) is 0 Å². The zero-order valence-corrected chi connectivity index (χ0v) is 8.65. The Morgan fingerprint density at radius 1 is 1.53 bits per heavy atom. The van der Waals surface area contributed by atoms with Crippen LogP contribution in [0, 0.1) is 21.4 Å². The number of rotatable bonds is 3. The summed E-state index contributed by atoms with van der Waals surface area (Å²) in [6.07, 6.45) is 0. The van der Waals surface area contributed by atoms with Gasteiger partial charge in [0.05, 0.1) is 4.92 Å².